The van der Waals surface area contributed by atoms with Crippen LogP contribution < -0.4 is 5.14 Å². The highest BCUT2D eigenvalue weighted by molar-refractivity contribution is 7.87. The standard InChI is InChI=1S/C15H29N3O6S2/c1-14(2,3)23-12(19)17-9-11(25)7-10(17)8-18(26(16,21)22)13(20)24-15(4,5)6/h10-11,25H,7-9H2,1-6H3,(H2,16,21,22)/t10-,11+/m0/s1. The van der Waals surface area contributed by atoms with E-state index in [0.29, 0.717) is 10.7 Å². The molecule has 1 aliphatic rings. The van der Waals surface area contributed by atoms with E-state index in [1.807, 2.05) is 0 Å². The first-order valence-corrected chi connectivity index (χ1v) is 10.2. The number of hydrogen-bond acceptors (Lipinski definition) is 7. The summed E-state index contributed by atoms with van der Waals surface area (Å²) < 4.78 is 34.7. The maximum atomic E-state index is 12.4. The number of carbonyl (C=O) groups is 2. The molecule has 0 bridgehead atoms. The van der Waals surface area contributed by atoms with Crippen molar-refractivity contribution in [3.63, 3.8) is 0 Å². The van der Waals surface area contributed by atoms with Gasteiger partial charge in [0.15, 0.2) is 0 Å². The molecule has 0 spiro atoms. The third-order valence-electron chi connectivity index (χ3n) is 3.30. The first-order valence-electron chi connectivity index (χ1n) is 8.21. The van der Waals surface area contributed by atoms with E-state index in [9.17, 15) is 18.0 Å². The lowest BCUT2D eigenvalue weighted by molar-refractivity contribution is 0.0168. The quantitative estimate of drug-likeness (QED) is 0.683. The molecule has 0 radical (unpaired) electrons. The normalized spacial score (nSPS) is 21.5. The fraction of sp³-hybridized carbons (Fsp3) is 0.867. The maximum Gasteiger partial charge on any atom is 0.425 e. The summed E-state index contributed by atoms with van der Waals surface area (Å²) in [6.45, 7) is 9.96. The van der Waals surface area contributed by atoms with Gasteiger partial charge in [0.25, 0.3) is 0 Å². The second kappa shape index (κ2) is 7.81. The lowest BCUT2D eigenvalue weighted by Crippen LogP contribution is -2.51. The zero-order valence-corrected chi connectivity index (χ0v) is 17.8. The fourth-order valence-corrected chi connectivity index (χ4v) is 3.44. The van der Waals surface area contributed by atoms with Crippen molar-refractivity contribution in [3.05, 3.63) is 0 Å². The number of thiol groups is 1. The number of likely N-dealkylation sites (tertiary alicyclic amines) is 1. The second-order valence-electron chi connectivity index (χ2n) is 8.23. The van der Waals surface area contributed by atoms with Gasteiger partial charge in [-0.2, -0.15) is 25.4 Å². The summed E-state index contributed by atoms with van der Waals surface area (Å²) in [5.41, 5.74) is -1.60. The van der Waals surface area contributed by atoms with Crippen LogP contribution in [0.1, 0.15) is 48.0 Å². The van der Waals surface area contributed by atoms with Crippen LogP contribution in [0.25, 0.3) is 0 Å². The van der Waals surface area contributed by atoms with Crippen molar-refractivity contribution < 1.29 is 27.5 Å². The minimum Gasteiger partial charge on any atom is -0.444 e. The van der Waals surface area contributed by atoms with Crippen LogP contribution in [0, 0.1) is 0 Å². The number of amides is 2. The Labute approximate surface area is 160 Å². The van der Waals surface area contributed by atoms with Crippen LogP contribution in [0.2, 0.25) is 0 Å². The van der Waals surface area contributed by atoms with Gasteiger partial charge in [0.2, 0.25) is 0 Å². The summed E-state index contributed by atoms with van der Waals surface area (Å²) in [6.07, 6.45) is -1.30. The monoisotopic (exact) mass is 411 g/mol. The van der Waals surface area contributed by atoms with Crippen LogP contribution in [-0.2, 0) is 19.7 Å². The summed E-state index contributed by atoms with van der Waals surface area (Å²) >= 11 is 4.37. The molecular formula is C15H29N3O6S2. The average molecular weight is 412 g/mol. The summed E-state index contributed by atoms with van der Waals surface area (Å²) in [4.78, 5) is 26.0. The van der Waals surface area contributed by atoms with Crippen molar-refractivity contribution in [2.45, 2.75) is 70.5 Å². The minimum absolute atomic E-state index is 0.173. The highest BCUT2D eigenvalue weighted by Crippen LogP contribution is 2.26. The van der Waals surface area contributed by atoms with E-state index in [4.69, 9.17) is 14.6 Å². The molecular weight excluding hydrogens is 382 g/mol. The maximum absolute atomic E-state index is 12.4. The molecule has 1 rings (SSSR count). The number of hydrogen-bond donors (Lipinski definition) is 2. The van der Waals surface area contributed by atoms with E-state index in [-0.39, 0.29) is 18.3 Å². The topological polar surface area (TPSA) is 119 Å². The lowest BCUT2D eigenvalue weighted by Gasteiger charge is -2.32. The molecule has 1 heterocycles. The molecule has 2 N–H and O–H groups in total. The summed E-state index contributed by atoms with van der Waals surface area (Å²) in [6, 6.07) is -0.613. The Kier molecular flexibility index (Phi) is 6.86. The van der Waals surface area contributed by atoms with Crippen LogP contribution in [-0.4, -0.2) is 65.4 Å². The first-order chi connectivity index (χ1) is 11.5. The van der Waals surface area contributed by atoms with Crippen molar-refractivity contribution in [1.29, 1.82) is 0 Å². The van der Waals surface area contributed by atoms with Crippen molar-refractivity contribution in [2.24, 2.45) is 5.14 Å². The Hall–Kier alpha value is -1.20. The van der Waals surface area contributed by atoms with Crippen molar-refractivity contribution in [1.82, 2.24) is 9.21 Å². The number of ether oxygens (including phenoxy) is 2. The molecule has 26 heavy (non-hydrogen) atoms. The van der Waals surface area contributed by atoms with Gasteiger partial charge >= 0.3 is 22.4 Å². The van der Waals surface area contributed by atoms with E-state index < -0.39 is 39.6 Å². The van der Waals surface area contributed by atoms with E-state index in [1.165, 1.54) is 4.90 Å². The predicted molar refractivity (Wildman–Crippen MR) is 100 cm³/mol. The molecule has 0 aliphatic carbocycles. The molecule has 2 atom stereocenters. The Morgan fingerprint density at radius 1 is 1.15 bits per heavy atom. The summed E-state index contributed by atoms with van der Waals surface area (Å²) in [7, 11) is -4.37. The molecule has 0 unspecified atom stereocenters. The van der Waals surface area contributed by atoms with Gasteiger partial charge in [-0.15, -0.1) is 0 Å². The van der Waals surface area contributed by atoms with E-state index in [2.05, 4.69) is 12.6 Å². The van der Waals surface area contributed by atoms with Gasteiger partial charge < -0.3 is 14.4 Å². The zero-order valence-electron chi connectivity index (χ0n) is 16.1. The molecule has 0 saturated carbocycles. The molecule has 1 saturated heterocycles. The van der Waals surface area contributed by atoms with Crippen LogP contribution >= 0.6 is 12.6 Å². The molecule has 152 valence electrons. The Balaban J connectivity index is 3.01. The van der Waals surface area contributed by atoms with Crippen molar-refractivity contribution in [3.8, 4) is 0 Å². The van der Waals surface area contributed by atoms with Gasteiger partial charge in [0.1, 0.15) is 11.2 Å². The first kappa shape index (κ1) is 22.8. The van der Waals surface area contributed by atoms with E-state index in [0.717, 1.165) is 0 Å². The van der Waals surface area contributed by atoms with Gasteiger partial charge in [0.05, 0.1) is 12.6 Å². The van der Waals surface area contributed by atoms with Crippen LogP contribution in [0.4, 0.5) is 9.59 Å². The number of carbonyl (C=O) groups excluding carboxylic acids is 2. The Morgan fingerprint density at radius 2 is 1.65 bits per heavy atom. The van der Waals surface area contributed by atoms with Gasteiger partial charge in [-0.3, -0.25) is 0 Å². The van der Waals surface area contributed by atoms with Gasteiger partial charge in [-0.05, 0) is 48.0 Å². The minimum atomic E-state index is -4.37. The molecule has 0 aromatic heterocycles. The summed E-state index contributed by atoms with van der Waals surface area (Å²) in [5.74, 6) is 0. The Bertz CT molecular complexity index is 639. The molecule has 0 aromatic carbocycles. The molecule has 1 fully saturated rings. The van der Waals surface area contributed by atoms with E-state index >= 15 is 0 Å². The molecule has 1 aliphatic heterocycles. The third kappa shape index (κ3) is 7.20. The smallest absolute Gasteiger partial charge is 0.425 e. The third-order valence-corrected chi connectivity index (χ3v) is 4.59. The number of nitrogens with two attached hydrogens (primary N) is 1. The lowest BCUT2D eigenvalue weighted by atomic mass is 10.2. The fourth-order valence-electron chi connectivity index (χ4n) is 2.40. The largest absolute Gasteiger partial charge is 0.444 e. The van der Waals surface area contributed by atoms with Crippen molar-refractivity contribution in [2.75, 3.05) is 13.1 Å². The zero-order chi connectivity index (χ0) is 20.5. The molecule has 0 aromatic rings. The Morgan fingerprint density at radius 3 is 2.08 bits per heavy atom. The second-order valence-corrected chi connectivity index (χ2v) is 10.4. The predicted octanol–water partition coefficient (Wildman–Crippen LogP) is 1.73. The van der Waals surface area contributed by atoms with Crippen LogP contribution in [0.5, 0.6) is 0 Å². The summed E-state index contributed by atoms with van der Waals surface area (Å²) in [5, 5.41) is 5.01. The number of nitrogens with zero attached hydrogens (tertiary/aromatic N) is 2. The van der Waals surface area contributed by atoms with Crippen LogP contribution in [0.3, 0.4) is 0 Å². The van der Waals surface area contributed by atoms with Crippen molar-refractivity contribution >= 4 is 35.0 Å². The van der Waals surface area contributed by atoms with Gasteiger partial charge in [0, 0.05) is 11.8 Å². The van der Waals surface area contributed by atoms with Crippen LogP contribution in [0.15, 0.2) is 0 Å². The molecule has 11 heteroatoms. The SMILES string of the molecule is CC(C)(C)OC(=O)N1C[C@H](S)C[C@H]1CN(C(=O)OC(C)(C)C)S(N)(=O)=O. The van der Waals surface area contributed by atoms with Gasteiger partial charge in [-0.25, -0.2) is 14.7 Å². The highest BCUT2D eigenvalue weighted by atomic mass is 32.2. The number of rotatable bonds is 3. The molecule has 9 nitrogen and oxygen atoms in total. The molecule has 2 amide bonds. The highest BCUT2D eigenvalue weighted by Gasteiger charge is 2.40. The average Bonchev–Trinajstić information content (AvgIpc) is 2.71. The van der Waals surface area contributed by atoms with Gasteiger partial charge in [-0.1, -0.05) is 0 Å². The van der Waals surface area contributed by atoms with E-state index in [1.54, 1.807) is 41.5 Å².